The summed E-state index contributed by atoms with van der Waals surface area (Å²) in [6.07, 6.45) is 4.91. The highest BCUT2D eigenvalue weighted by Gasteiger charge is 2.05. The average molecular weight is 283 g/mol. The van der Waals surface area contributed by atoms with Crippen molar-refractivity contribution in [2.24, 2.45) is 0 Å². The first-order valence-electron chi connectivity index (χ1n) is 7.27. The molecule has 2 aromatic rings. The molecule has 0 aliphatic rings. The number of carbonyl (C=O) groups excluding carboxylic acids is 1. The lowest BCUT2D eigenvalue weighted by Gasteiger charge is -2.10. The number of amides is 1. The van der Waals surface area contributed by atoms with Gasteiger partial charge in [0.05, 0.1) is 0 Å². The minimum atomic E-state index is 0.0399. The molecule has 1 amide bonds. The lowest BCUT2D eigenvalue weighted by Crippen LogP contribution is -2.21. The van der Waals surface area contributed by atoms with Crippen molar-refractivity contribution in [3.05, 3.63) is 59.9 Å². The summed E-state index contributed by atoms with van der Waals surface area (Å²) in [5.41, 5.74) is 3.25. The quantitative estimate of drug-likeness (QED) is 0.768. The van der Waals surface area contributed by atoms with Gasteiger partial charge in [0.15, 0.2) is 0 Å². The second kappa shape index (κ2) is 8.17. The van der Waals surface area contributed by atoms with Crippen LogP contribution in [0, 0.1) is 0 Å². The topological polar surface area (TPSA) is 54.0 Å². The zero-order chi connectivity index (χ0) is 14.9. The molecular formula is C17H21N3O. The van der Waals surface area contributed by atoms with Crippen LogP contribution in [0.15, 0.2) is 48.8 Å². The summed E-state index contributed by atoms with van der Waals surface area (Å²) < 4.78 is 0. The maximum absolute atomic E-state index is 11.9. The number of hydrogen-bond acceptors (Lipinski definition) is 3. The molecule has 2 N–H and O–H groups in total. The number of aryl methyl sites for hydroxylation is 1. The number of nitrogens with one attached hydrogen (secondary N) is 2. The molecule has 0 atom stereocenters. The standard InChI is InChI=1S/C17H21N3O/c1-2-15-5-3-4-6-16(15)20-17(21)9-12-19-13-14-7-10-18-11-8-14/h3-8,10-11,19H,2,9,12-13H2,1H3,(H,20,21). The van der Waals surface area contributed by atoms with E-state index in [1.54, 1.807) is 12.4 Å². The molecule has 1 aromatic carbocycles. The largest absolute Gasteiger partial charge is 0.326 e. The molecule has 110 valence electrons. The van der Waals surface area contributed by atoms with E-state index >= 15 is 0 Å². The summed E-state index contributed by atoms with van der Waals surface area (Å²) in [5.74, 6) is 0.0399. The van der Waals surface area contributed by atoms with Gasteiger partial charge in [0.2, 0.25) is 5.91 Å². The van der Waals surface area contributed by atoms with Crippen LogP contribution in [0.2, 0.25) is 0 Å². The molecular weight excluding hydrogens is 262 g/mol. The molecule has 0 bridgehead atoms. The fraction of sp³-hybridized carbons (Fsp3) is 0.294. The van der Waals surface area contributed by atoms with E-state index < -0.39 is 0 Å². The van der Waals surface area contributed by atoms with Crippen molar-refractivity contribution in [3.63, 3.8) is 0 Å². The Morgan fingerprint density at radius 1 is 1.14 bits per heavy atom. The first-order chi connectivity index (χ1) is 10.3. The van der Waals surface area contributed by atoms with Crippen LogP contribution >= 0.6 is 0 Å². The van der Waals surface area contributed by atoms with E-state index in [0.29, 0.717) is 13.0 Å². The molecule has 1 aromatic heterocycles. The third kappa shape index (κ3) is 5.00. The summed E-state index contributed by atoms with van der Waals surface area (Å²) >= 11 is 0. The summed E-state index contributed by atoms with van der Waals surface area (Å²) in [6.45, 7) is 3.49. The van der Waals surface area contributed by atoms with Gasteiger partial charge in [-0.05, 0) is 35.7 Å². The van der Waals surface area contributed by atoms with Crippen LogP contribution in [0.1, 0.15) is 24.5 Å². The number of rotatable bonds is 7. The molecule has 0 radical (unpaired) electrons. The zero-order valence-electron chi connectivity index (χ0n) is 12.3. The first-order valence-corrected chi connectivity index (χ1v) is 7.27. The minimum Gasteiger partial charge on any atom is -0.326 e. The fourth-order valence-electron chi connectivity index (χ4n) is 2.10. The van der Waals surface area contributed by atoms with E-state index in [1.165, 1.54) is 5.56 Å². The van der Waals surface area contributed by atoms with Crippen LogP contribution in [0.3, 0.4) is 0 Å². The van der Waals surface area contributed by atoms with E-state index in [2.05, 4.69) is 22.5 Å². The van der Waals surface area contributed by atoms with Gasteiger partial charge >= 0.3 is 0 Å². The van der Waals surface area contributed by atoms with Crippen LogP contribution in [-0.2, 0) is 17.8 Å². The number of hydrogen-bond donors (Lipinski definition) is 2. The van der Waals surface area contributed by atoms with Crippen molar-refractivity contribution >= 4 is 11.6 Å². The van der Waals surface area contributed by atoms with Crippen LogP contribution in [0.5, 0.6) is 0 Å². The van der Waals surface area contributed by atoms with Crippen LogP contribution in [-0.4, -0.2) is 17.4 Å². The van der Waals surface area contributed by atoms with Crippen molar-refractivity contribution < 1.29 is 4.79 Å². The normalized spacial score (nSPS) is 10.3. The van der Waals surface area contributed by atoms with Crippen LogP contribution in [0.4, 0.5) is 5.69 Å². The predicted molar refractivity (Wildman–Crippen MR) is 85.0 cm³/mol. The van der Waals surface area contributed by atoms with E-state index in [-0.39, 0.29) is 5.91 Å². The Bertz CT molecular complexity index is 569. The molecule has 4 nitrogen and oxygen atoms in total. The fourth-order valence-corrected chi connectivity index (χ4v) is 2.10. The van der Waals surface area contributed by atoms with Gasteiger partial charge in [-0.15, -0.1) is 0 Å². The Kier molecular flexibility index (Phi) is 5.91. The van der Waals surface area contributed by atoms with Gasteiger partial charge in [-0.1, -0.05) is 25.1 Å². The Labute approximate surface area is 125 Å². The predicted octanol–water partition coefficient (Wildman–Crippen LogP) is 2.76. The highest BCUT2D eigenvalue weighted by Crippen LogP contribution is 2.15. The number of para-hydroxylation sites is 1. The number of carbonyl (C=O) groups is 1. The van der Waals surface area contributed by atoms with Gasteiger partial charge in [-0.2, -0.15) is 0 Å². The maximum atomic E-state index is 11.9. The van der Waals surface area contributed by atoms with Crippen LogP contribution in [0.25, 0.3) is 0 Å². The van der Waals surface area contributed by atoms with Gasteiger partial charge in [0.1, 0.15) is 0 Å². The second-order valence-corrected chi connectivity index (χ2v) is 4.84. The van der Waals surface area contributed by atoms with Crippen molar-refractivity contribution in [1.29, 1.82) is 0 Å². The number of aromatic nitrogens is 1. The first kappa shape index (κ1) is 15.2. The monoisotopic (exact) mass is 283 g/mol. The van der Waals surface area contributed by atoms with Gasteiger partial charge in [-0.25, -0.2) is 0 Å². The second-order valence-electron chi connectivity index (χ2n) is 4.84. The molecule has 4 heteroatoms. The molecule has 0 unspecified atom stereocenters. The van der Waals surface area contributed by atoms with E-state index in [4.69, 9.17) is 0 Å². The Morgan fingerprint density at radius 2 is 1.90 bits per heavy atom. The van der Waals surface area contributed by atoms with Gasteiger partial charge in [0.25, 0.3) is 0 Å². The third-order valence-corrected chi connectivity index (χ3v) is 3.28. The third-order valence-electron chi connectivity index (χ3n) is 3.28. The van der Waals surface area contributed by atoms with E-state index in [0.717, 1.165) is 24.2 Å². The Hall–Kier alpha value is -2.20. The summed E-state index contributed by atoms with van der Waals surface area (Å²) in [4.78, 5) is 15.9. The highest BCUT2D eigenvalue weighted by atomic mass is 16.1. The van der Waals surface area contributed by atoms with E-state index in [1.807, 2.05) is 36.4 Å². The van der Waals surface area contributed by atoms with Crippen molar-refractivity contribution in [2.75, 3.05) is 11.9 Å². The highest BCUT2D eigenvalue weighted by molar-refractivity contribution is 5.91. The number of benzene rings is 1. The van der Waals surface area contributed by atoms with Crippen molar-refractivity contribution in [3.8, 4) is 0 Å². The maximum Gasteiger partial charge on any atom is 0.225 e. The number of anilines is 1. The number of pyridine rings is 1. The Balaban J connectivity index is 1.72. The molecule has 2 rings (SSSR count). The van der Waals surface area contributed by atoms with Gasteiger partial charge < -0.3 is 10.6 Å². The van der Waals surface area contributed by atoms with Crippen molar-refractivity contribution in [1.82, 2.24) is 10.3 Å². The average Bonchev–Trinajstić information content (AvgIpc) is 2.53. The SMILES string of the molecule is CCc1ccccc1NC(=O)CCNCc1ccncc1. The zero-order valence-corrected chi connectivity index (χ0v) is 12.3. The van der Waals surface area contributed by atoms with Gasteiger partial charge in [-0.3, -0.25) is 9.78 Å². The lowest BCUT2D eigenvalue weighted by atomic mass is 10.1. The smallest absolute Gasteiger partial charge is 0.225 e. The van der Waals surface area contributed by atoms with Gasteiger partial charge in [0, 0.05) is 37.6 Å². The molecule has 0 saturated heterocycles. The molecule has 21 heavy (non-hydrogen) atoms. The molecule has 0 aliphatic carbocycles. The molecule has 1 heterocycles. The van der Waals surface area contributed by atoms with E-state index in [9.17, 15) is 4.79 Å². The molecule has 0 aliphatic heterocycles. The van der Waals surface area contributed by atoms with Crippen molar-refractivity contribution in [2.45, 2.75) is 26.3 Å². The minimum absolute atomic E-state index is 0.0399. The molecule has 0 spiro atoms. The Morgan fingerprint density at radius 3 is 2.67 bits per heavy atom. The summed E-state index contributed by atoms with van der Waals surface area (Å²) in [6, 6.07) is 11.8. The lowest BCUT2D eigenvalue weighted by molar-refractivity contribution is -0.116. The molecule has 0 saturated carbocycles. The molecule has 0 fully saturated rings. The number of nitrogens with zero attached hydrogens (tertiary/aromatic N) is 1. The van der Waals surface area contributed by atoms with Crippen LogP contribution < -0.4 is 10.6 Å². The summed E-state index contributed by atoms with van der Waals surface area (Å²) in [7, 11) is 0. The summed E-state index contributed by atoms with van der Waals surface area (Å²) in [5, 5.41) is 6.23.